The van der Waals surface area contributed by atoms with Crippen molar-refractivity contribution in [2.24, 2.45) is 0 Å². The summed E-state index contributed by atoms with van der Waals surface area (Å²) in [6.07, 6.45) is 6.81. The zero-order chi connectivity index (χ0) is 25.4. The van der Waals surface area contributed by atoms with Gasteiger partial charge in [-0.15, -0.1) is 0 Å². The van der Waals surface area contributed by atoms with Crippen LogP contribution in [-0.2, 0) is 26.0 Å². The lowest BCUT2D eigenvalue weighted by molar-refractivity contribution is -0.139. The number of carbonyl (C=O) groups excluding carboxylic acids is 2. The summed E-state index contributed by atoms with van der Waals surface area (Å²) in [5, 5.41) is 3.46. The van der Waals surface area contributed by atoms with Gasteiger partial charge in [-0.3, -0.25) is 13.9 Å². The predicted molar refractivity (Wildman–Crippen MR) is 140 cm³/mol. The Morgan fingerprint density at radius 3 is 2.37 bits per heavy atom. The number of rotatable bonds is 10. The minimum absolute atomic E-state index is 0.115. The SMILES string of the molecule is CC(C(=O)NC1CCCCC1)N(CCc1ccccc1)C(=O)CN(c1cccc(Cl)c1)S(C)(=O)=O. The summed E-state index contributed by atoms with van der Waals surface area (Å²) in [4.78, 5) is 28.1. The summed E-state index contributed by atoms with van der Waals surface area (Å²) in [5.41, 5.74) is 1.33. The fraction of sp³-hybridized carbons (Fsp3) is 0.462. The van der Waals surface area contributed by atoms with Crippen LogP contribution in [0.3, 0.4) is 0 Å². The van der Waals surface area contributed by atoms with Crippen LogP contribution in [0.4, 0.5) is 5.69 Å². The van der Waals surface area contributed by atoms with Gasteiger partial charge in [-0.25, -0.2) is 8.42 Å². The van der Waals surface area contributed by atoms with Crippen LogP contribution in [-0.4, -0.2) is 56.6 Å². The molecule has 1 N–H and O–H groups in total. The Kier molecular flexibility index (Phi) is 9.57. The number of nitrogens with one attached hydrogen (secondary N) is 1. The number of amides is 2. The molecule has 1 unspecified atom stereocenters. The average Bonchev–Trinajstić information content (AvgIpc) is 2.83. The van der Waals surface area contributed by atoms with Gasteiger partial charge in [0, 0.05) is 17.6 Å². The largest absolute Gasteiger partial charge is 0.352 e. The Bertz CT molecular complexity index is 1100. The normalized spacial score (nSPS) is 15.3. The molecule has 0 aromatic heterocycles. The first kappa shape index (κ1) is 27.0. The van der Waals surface area contributed by atoms with Gasteiger partial charge in [-0.05, 0) is 49.9 Å². The Balaban J connectivity index is 1.81. The molecule has 9 heteroatoms. The van der Waals surface area contributed by atoms with Crippen molar-refractivity contribution < 1.29 is 18.0 Å². The molecule has 0 heterocycles. The lowest BCUT2D eigenvalue weighted by Crippen LogP contribution is -2.53. The van der Waals surface area contributed by atoms with E-state index in [9.17, 15) is 18.0 Å². The van der Waals surface area contributed by atoms with Crippen molar-refractivity contribution in [3.8, 4) is 0 Å². The smallest absolute Gasteiger partial charge is 0.244 e. The van der Waals surface area contributed by atoms with E-state index < -0.39 is 28.5 Å². The molecular formula is C26H34ClN3O4S. The highest BCUT2D eigenvalue weighted by atomic mass is 35.5. The van der Waals surface area contributed by atoms with Crippen LogP contribution in [0.5, 0.6) is 0 Å². The third-order valence-electron chi connectivity index (χ3n) is 6.38. The molecule has 0 radical (unpaired) electrons. The molecule has 0 spiro atoms. The molecule has 1 atom stereocenters. The summed E-state index contributed by atoms with van der Waals surface area (Å²) in [5.74, 6) is -0.662. The quantitative estimate of drug-likeness (QED) is 0.513. The number of nitrogens with zero attached hydrogens (tertiary/aromatic N) is 2. The molecule has 0 bridgehead atoms. The first-order valence-electron chi connectivity index (χ1n) is 12.0. The van der Waals surface area contributed by atoms with Crippen LogP contribution >= 0.6 is 11.6 Å². The van der Waals surface area contributed by atoms with E-state index in [-0.39, 0.29) is 18.5 Å². The summed E-state index contributed by atoms with van der Waals surface area (Å²) in [7, 11) is -3.77. The van der Waals surface area contributed by atoms with Crippen LogP contribution in [0.2, 0.25) is 5.02 Å². The average molecular weight is 520 g/mol. The maximum Gasteiger partial charge on any atom is 0.244 e. The minimum Gasteiger partial charge on any atom is -0.352 e. The van der Waals surface area contributed by atoms with E-state index in [1.165, 1.54) is 17.4 Å². The van der Waals surface area contributed by atoms with Crippen molar-refractivity contribution in [2.45, 2.75) is 57.5 Å². The molecule has 2 aromatic rings. The van der Waals surface area contributed by atoms with Crippen molar-refractivity contribution in [1.82, 2.24) is 10.2 Å². The van der Waals surface area contributed by atoms with Gasteiger partial charge in [-0.1, -0.05) is 67.3 Å². The Morgan fingerprint density at radius 1 is 1.06 bits per heavy atom. The van der Waals surface area contributed by atoms with Gasteiger partial charge in [0.2, 0.25) is 21.8 Å². The zero-order valence-corrected chi connectivity index (χ0v) is 21.9. The van der Waals surface area contributed by atoms with Gasteiger partial charge in [0.15, 0.2) is 0 Å². The monoisotopic (exact) mass is 519 g/mol. The standard InChI is InChI=1S/C26H34ClN3O4S/c1-20(26(32)28-23-13-7-4-8-14-23)29(17-16-21-10-5-3-6-11-21)25(31)19-30(35(2,33)34)24-15-9-12-22(27)18-24/h3,5-6,9-12,15,18,20,23H,4,7-8,13-14,16-17,19H2,1-2H3,(H,28,32). The second-order valence-corrected chi connectivity index (χ2v) is 11.4. The van der Waals surface area contributed by atoms with E-state index in [2.05, 4.69) is 5.32 Å². The van der Waals surface area contributed by atoms with E-state index in [1.807, 2.05) is 30.3 Å². The van der Waals surface area contributed by atoms with E-state index >= 15 is 0 Å². The van der Waals surface area contributed by atoms with Crippen molar-refractivity contribution in [3.63, 3.8) is 0 Å². The number of anilines is 1. The summed E-state index contributed by atoms with van der Waals surface area (Å²) in [6, 6.07) is 15.4. The number of hydrogen-bond acceptors (Lipinski definition) is 4. The molecule has 35 heavy (non-hydrogen) atoms. The van der Waals surface area contributed by atoms with Crippen LogP contribution < -0.4 is 9.62 Å². The Morgan fingerprint density at radius 2 is 1.74 bits per heavy atom. The second kappa shape index (κ2) is 12.4. The first-order valence-corrected chi connectivity index (χ1v) is 14.2. The Hall–Kier alpha value is -2.58. The molecule has 3 rings (SSSR count). The minimum atomic E-state index is -3.77. The second-order valence-electron chi connectivity index (χ2n) is 9.09. The third-order valence-corrected chi connectivity index (χ3v) is 7.75. The maximum atomic E-state index is 13.5. The van der Waals surface area contributed by atoms with Crippen LogP contribution in [0.25, 0.3) is 0 Å². The van der Waals surface area contributed by atoms with Gasteiger partial charge in [-0.2, -0.15) is 0 Å². The van der Waals surface area contributed by atoms with Crippen molar-refractivity contribution >= 4 is 39.1 Å². The van der Waals surface area contributed by atoms with Gasteiger partial charge < -0.3 is 10.2 Å². The zero-order valence-electron chi connectivity index (χ0n) is 20.3. The van der Waals surface area contributed by atoms with Crippen LogP contribution in [0.15, 0.2) is 54.6 Å². The van der Waals surface area contributed by atoms with Crippen LogP contribution in [0, 0.1) is 0 Å². The lowest BCUT2D eigenvalue weighted by Gasteiger charge is -2.33. The molecule has 7 nitrogen and oxygen atoms in total. The molecule has 190 valence electrons. The molecule has 1 aliphatic carbocycles. The van der Waals surface area contributed by atoms with Gasteiger partial charge >= 0.3 is 0 Å². The maximum absolute atomic E-state index is 13.5. The van der Waals surface area contributed by atoms with Gasteiger partial charge in [0.05, 0.1) is 11.9 Å². The molecule has 0 aliphatic heterocycles. The number of carbonyl (C=O) groups is 2. The number of halogens is 1. The molecular weight excluding hydrogens is 486 g/mol. The topological polar surface area (TPSA) is 86.8 Å². The van der Waals surface area contributed by atoms with Crippen molar-refractivity contribution in [2.75, 3.05) is 23.7 Å². The highest BCUT2D eigenvalue weighted by molar-refractivity contribution is 7.92. The summed E-state index contributed by atoms with van der Waals surface area (Å²) >= 11 is 6.07. The van der Waals surface area contributed by atoms with E-state index in [0.29, 0.717) is 17.1 Å². The number of benzene rings is 2. The van der Waals surface area contributed by atoms with E-state index in [0.717, 1.165) is 41.8 Å². The molecule has 2 amide bonds. The highest BCUT2D eigenvalue weighted by Crippen LogP contribution is 2.22. The van der Waals surface area contributed by atoms with Gasteiger partial charge in [0.1, 0.15) is 12.6 Å². The Labute approximate surface area is 213 Å². The summed E-state index contributed by atoms with van der Waals surface area (Å²) < 4.78 is 26.2. The molecule has 2 aromatic carbocycles. The van der Waals surface area contributed by atoms with Crippen molar-refractivity contribution in [1.29, 1.82) is 0 Å². The molecule has 1 fully saturated rings. The highest BCUT2D eigenvalue weighted by Gasteiger charge is 2.30. The first-order chi connectivity index (χ1) is 16.6. The summed E-state index contributed by atoms with van der Waals surface area (Å²) in [6.45, 7) is 1.56. The van der Waals surface area contributed by atoms with E-state index in [1.54, 1.807) is 25.1 Å². The fourth-order valence-corrected chi connectivity index (χ4v) is 5.41. The van der Waals surface area contributed by atoms with Gasteiger partial charge in [0.25, 0.3) is 0 Å². The number of sulfonamides is 1. The number of hydrogen-bond donors (Lipinski definition) is 1. The molecule has 1 aliphatic rings. The van der Waals surface area contributed by atoms with Crippen LogP contribution in [0.1, 0.15) is 44.6 Å². The third kappa shape index (κ3) is 7.97. The fourth-order valence-electron chi connectivity index (χ4n) is 4.38. The lowest BCUT2D eigenvalue weighted by atomic mass is 9.95. The van der Waals surface area contributed by atoms with Crippen molar-refractivity contribution in [3.05, 3.63) is 65.2 Å². The molecule has 1 saturated carbocycles. The molecule has 0 saturated heterocycles. The van der Waals surface area contributed by atoms with E-state index in [4.69, 9.17) is 11.6 Å². The predicted octanol–water partition coefficient (Wildman–Crippen LogP) is 4.01.